The number of anilines is 1. The molecule has 8 nitrogen and oxygen atoms in total. The minimum absolute atomic E-state index is 0.169. The summed E-state index contributed by atoms with van der Waals surface area (Å²) in [4.78, 5) is 25.3. The molecule has 0 radical (unpaired) electrons. The van der Waals surface area contributed by atoms with Gasteiger partial charge in [-0.1, -0.05) is 19.6 Å². The Morgan fingerprint density at radius 3 is 2.86 bits per heavy atom. The highest BCUT2D eigenvalue weighted by Crippen LogP contribution is 2.37. The van der Waals surface area contributed by atoms with Gasteiger partial charge in [0.2, 0.25) is 5.91 Å². The first-order valence-corrected chi connectivity index (χ1v) is 14.4. The summed E-state index contributed by atoms with van der Waals surface area (Å²) >= 11 is 5.02. The maximum absolute atomic E-state index is 11.3. The van der Waals surface area contributed by atoms with Crippen LogP contribution in [0.3, 0.4) is 0 Å². The summed E-state index contributed by atoms with van der Waals surface area (Å²) in [5, 5.41) is 7.76. The Labute approximate surface area is 182 Å². The van der Waals surface area contributed by atoms with Gasteiger partial charge in [0.25, 0.3) is 0 Å². The van der Waals surface area contributed by atoms with Gasteiger partial charge in [-0.15, -0.1) is 11.3 Å². The van der Waals surface area contributed by atoms with E-state index in [1.165, 1.54) is 24.6 Å². The number of thiazole rings is 1. The van der Waals surface area contributed by atoms with Crippen molar-refractivity contribution in [1.82, 2.24) is 24.7 Å². The summed E-state index contributed by atoms with van der Waals surface area (Å²) < 4.78 is 8.24. The summed E-state index contributed by atoms with van der Waals surface area (Å²) in [6.07, 6.45) is 3.16. The van der Waals surface area contributed by atoms with E-state index < -0.39 is 8.07 Å². The van der Waals surface area contributed by atoms with Crippen molar-refractivity contribution in [2.24, 2.45) is 0 Å². The minimum atomic E-state index is -1.13. The molecule has 0 aromatic carbocycles. The fraction of sp³-hybridized carbons (Fsp3) is 0.389. The van der Waals surface area contributed by atoms with Crippen LogP contribution in [0.1, 0.15) is 6.92 Å². The van der Waals surface area contributed by atoms with Crippen molar-refractivity contribution in [1.29, 1.82) is 0 Å². The van der Waals surface area contributed by atoms with E-state index in [9.17, 15) is 4.79 Å². The molecule has 0 saturated heterocycles. The number of nitrogens with zero attached hydrogens (tertiary/aromatic N) is 5. The molecule has 1 amide bonds. The number of amides is 1. The quantitative estimate of drug-likeness (QED) is 0.365. The lowest BCUT2D eigenvalue weighted by atomic mass is 10.3. The molecule has 29 heavy (non-hydrogen) atoms. The second kappa shape index (κ2) is 9.24. The van der Waals surface area contributed by atoms with Gasteiger partial charge in [0.05, 0.1) is 0 Å². The zero-order chi connectivity index (χ0) is 21.0. The number of hydrogen-bond donors (Lipinski definition) is 1. The summed E-state index contributed by atoms with van der Waals surface area (Å²) in [7, 11) is -1.13. The topological polar surface area (TPSA) is 94.8 Å². The number of aromatic nitrogens is 5. The van der Waals surface area contributed by atoms with E-state index in [0.29, 0.717) is 29.6 Å². The van der Waals surface area contributed by atoms with Crippen molar-refractivity contribution < 1.29 is 9.53 Å². The number of hydrogen-bond acceptors (Lipinski definition) is 7. The molecule has 0 atom stereocenters. The molecule has 0 unspecified atom stereocenters. The molecule has 0 bridgehead atoms. The van der Waals surface area contributed by atoms with Crippen LogP contribution in [0.5, 0.6) is 0 Å². The molecule has 0 fully saturated rings. The molecule has 0 saturated carbocycles. The molecule has 3 aromatic rings. The minimum Gasteiger partial charge on any atom is -0.359 e. The summed E-state index contributed by atoms with van der Waals surface area (Å²) in [5.74, 6) is 1.02. The molecule has 1 N–H and O–H groups in total. The molecule has 3 heterocycles. The fourth-order valence-corrected chi connectivity index (χ4v) is 4.86. The predicted octanol–water partition coefficient (Wildman–Crippen LogP) is 4.50. The molecule has 0 spiro atoms. The summed E-state index contributed by atoms with van der Waals surface area (Å²) in [5.41, 5.74) is 0.859. The number of pyridine rings is 1. The predicted molar refractivity (Wildman–Crippen MR) is 120 cm³/mol. The van der Waals surface area contributed by atoms with E-state index in [4.69, 9.17) is 4.74 Å². The number of nitrogens with one attached hydrogen (secondary N) is 1. The number of halogens is 1. The van der Waals surface area contributed by atoms with Crippen LogP contribution in [0.15, 0.2) is 29.3 Å². The monoisotopic (exact) mass is 494 g/mol. The van der Waals surface area contributed by atoms with E-state index in [1.807, 2.05) is 6.07 Å². The van der Waals surface area contributed by atoms with Gasteiger partial charge in [0.1, 0.15) is 33.4 Å². The number of rotatable bonds is 8. The van der Waals surface area contributed by atoms with Crippen LogP contribution in [0, 0.1) is 0 Å². The molecule has 11 heteroatoms. The second-order valence-electron chi connectivity index (χ2n) is 7.68. The Balaban J connectivity index is 1.78. The van der Waals surface area contributed by atoms with Gasteiger partial charge >= 0.3 is 0 Å². The molecular weight excluding hydrogens is 472 g/mol. The van der Waals surface area contributed by atoms with Crippen LogP contribution < -0.4 is 5.32 Å². The van der Waals surface area contributed by atoms with Gasteiger partial charge in [-0.05, 0) is 34.1 Å². The maximum Gasteiger partial charge on any atom is 0.222 e. The Bertz CT molecular complexity index is 1000. The third-order valence-corrected chi connectivity index (χ3v) is 7.57. The molecular formula is C18H23BrN6O2SSi. The largest absolute Gasteiger partial charge is 0.359 e. The van der Waals surface area contributed by atoms with Gasteiger partial charge in [-0.25, -0.2) is 19.6 Å². The SMILES string of the molecule is CC(=O)Nc1cc(-c2nc(Br)c(-c3ncnn3COCC[Si](C)(C)C)s2)ccn1. The van der Waals surface area contributed by atoms with Crippen LogP contribution in [0.2, 0.25) is 25.7 Å². The fourth-order valence-electron chi connectivity index (χ4n) is 2.44. The Kier molecular flexibility index (Phi) is 6.93. The van der Waals surface area contributed by atoms with Crippen LogP contribution >= 0.6 is 27.3 Å². The highest BCUT2D eigenvalue weighted by molar-refractivity contribution is 9.10. The lowest BCUT2D eigenvalue weighted by molar-refractivity contribution is -0.114. The lowest BCUT2D eigenvalue weighted by Crippen LogP contribution is -2.22. The van der Waals surface area contributed by atoms with Crippen molar-refractivity contribution in [3.63, 3.8) is 0 Å². The normalized spacial score (nSPS) is 11.6. The first-order valence-electron chi connectivity index (χ1n) is 9.09. The Hall–Kier alpha value is -1.95. The highest BCUT2D eigenvalue weighted by atomic mass is 79.9. The first-order chi connectivity index (χ1) is 13.7. The summed E-state index contributed by atoms with van der Waals surface area (Å²) in [6, 6.07) is 4.75. The van der Waals surface area contributed by atoms with Crippen LogP contribution in [0.4, 0.5) is 5.82 Å². The zero-order valence-corrected chi connectivity index (χ0v) is 20.2. The van der Waals surface area contributed by atoms with Gasteiger partial charge in [-0.2, -0.15) is 5.10 Å². The molecule has 3 aromatic heterocycles. The second-order valence-corrected chi connectivity index (χ2v) is 15.1. The molecule has 0 aliphatic rings. The third kappa shape index (κ3) is 6.01. The molecule has 0 aliphatic heterocycles. The average molecular weight is 495 g/mol. The number of ether oxygens (including phenoxy) is 1. The molecule has 154 valence electrons. The van der Waals surface area contributed by atoms with Crippen LogP contribution in [0.25, 0.3) is 21.3 Å². The van der Waals surface area contributed by atoms with E-state index in [0.717, 1.165) is 21.5 Å². The van der Waals surface area contributed by atoms with Gasteiger partial charge in [0, 0.05) is 33.4 Å². The maximum atomic E-state index is 11.3. The van der Waals surface area contributed by atoms with Crippen molar-refractivity contribution in [2.75, 3.05) is 11.9 Å². The van der Waals surface area contributed by atoms with Crippen molar-refractivity contribution >= 4 is 47.1 Å². The standard InChI is InChI=1S/C18H23BrN6O2SSi/c1-12(26)23-14-9-13(5-6-20-14)18-24-16(19)15(28-18)17-21-10-22-25(17)11-27-7-8-29(2,3)4/h5-6,9-10H,7-8,11H2,1-4H3,(H,20,23,26). The smallest absolute Gasteiger partial charge is 0.222 e. The summed E-state index contributed by atoms with van der Waals surface area (Å²) in [6.45, 7) is 9.48. The van der Waals surface area contributed by atoms with E-state index in [1.54, 1.807) is 16.9 Å². The Morgan fingerprint density at radius 2 is 2.14 bits per heavy atom. The van der Waals surface area contributed by atoms with Gasteiger partial charge in [0.15, 0.2) is 5.82 Å². The zero-order valence-electron chi connectivity index (χ0n) is 16.8. The Morgan fingerprint density at radius 1 is 1.34 bits per heavy atom. The molecule has 3 rings (SSSR count). The highest BCUT2D eigenvalue weighted by Gasteiger charge is 2.18. The van der Waals surface area contributed by atoms with Gasteiger partial charge < -0.3 is 10.1 Å². The lowest BCUT2D eigenvalue weighted by Gasteiger charge is -2.15. The first kappa shape index (κ1) is 21.7. The van der Waals surface area contributed by atoms with E-state index in [2.05, 4.69) is 60.9 Å². The van der Waals surface area contributed by atoms with Crippen molar-refractivity contribution in [3.05, 3.63) is 29.3 Å². The van der Waals surface area contributed by atoms with E-state index in [-0.39, 0.29) is 5.91 Å². The molecule has 0 aliphatic carbocycles. The number of carbonyl (C=O) groups excluding carboxylic acids is 1. The average Bonchev–Trinajstić information content (AvgIpc) is 3.23. The third-order valence-electron chi connectivity index (χ3n) is 3.93. The van der Waals surface area contributed by atoms with Crippen molar-refractivity contribution in [2.45, 2.75) is 39.3 Å². The van der Waals surface area contributed by atoms with Crippen LogP contribution in [-0.2, 0) is 16.3 Å². The van der Waals surface area contributed by atoms with Crippen molar-refractivity contribution in [3.8, 4) is 21.3 Å². The number of carbonyl (C=O) groups is 1. The van der Waals surface area contributed by atoms with Gasteiger partial charge in [-0.3, -0.25) is 4.79 Å². The van der Waals surface area contributed by atoms with E-state index >= 15 is 0 Å². The van der Waals surface area contributed by atoms with Crippen LogP contribution in [-0.4, -0.2) is 45.3 Å².